The molecule has 3 aromatic carbocycles. The van der Waals surface area contributed by atoms with Crippen molar-refractivity contribution in [3.05, 3.63) is 118 Å². The Morgan fingerprint density at radius 2 is 1.72 bits per heavy atom. The molecule has 0 saturated heterocycles. The maximum atomic E-state index is 13.7. The minimum atomic E-state index is -0.958. The van der Waals surface area contributed by atoms with Crippen LogP contribution in [0.5, 0.6) is 5.75 Å². The Morgan fingerprint density at radius 1 is 1.02 bits per heavy atom. The molecule has 1 fully saturated rings. The zero-order chi connectivity index (χ0) is 33.3. The van der Waals surface area contributed by atoms with E-state index in [-0.39, 0.29) is 23.4 Å². The topological polar surface area (TPSA) is 93.5 Å². The number of benzene rings is 3. The van der Waals surface area contributed by atoms with Crippen molar-refractivity contribution < 1.29 is 19.4 Å². The highest BCUT2D eigenvalue weighted by molar-refractivity contribution is 6.36. The molecule has 0 bridgehead atoms. The van der Waals surface area contributed by atoms with Crippen molar-refractivity contribution in [1.29, 1.82) is 0 Å². The van der Waals surface area contributed by atoms with Crippen LogP contribution in [0.4, 0.5) is 0 Å². The lowest BCUT2D eigenvalue weighted by atomic mass is 9.80. The number of nitrogens with one attached hydrogen (secondary N) is 1. The Morgan fingerprint density at radius 3 is 2.36 bits per heavy atom. The van der Waals surface area contributed by atoms with Gasteiger partial charge in [0.2, 0.25) is 5.91 Å². The first-order valence-corrected chi connectivity index (χ1v) is 17.0. The van der Waals surface area contributed by atoms with Crippen LogP contribution < -0.4 is 10.1 Å². The molecule has 0 spiro atoms. The Hall–Kier alpha value is -4.07. The van der Waals surface area contributed by atoms with Gasteiger partial charge in [0, 0.05) is 29.2 Å². The normalized spacial score (nSPS) is 17.0. The van der Waals surface area contributed by atoms with E-state index in [1.165, 1.54) is 0 Å². The van der Waals surface area contributed by atoms with Gasteiger partial charge in [0.05, 0.1) is 22.3 Å². The highest BCUT2D eigenvalue weighted by atomic mass is 35.5. The number of carboxylic acids is 1. The molecule has 1 amide bonds. The predicted octanol–water partition coefficient (Wildman–Crippen LogP) is 9.33. The molecule has 7 nitrogen and oxygen atoms in total. The summed E-state index contributed by atoms with van der Waals surface area (Å²) in [6.07, 6.45) is 11.7. The molecule has 0 aliphatic heterocycles. The van der Waals surface area contributed by atoms with Gasteiger partial charge in [-0.3, -0.25) is 4.79 Å². The molecule has 0 unspecified atom stereocenters. The minimum Gasteiger partial charge on any atom is -0.489 e. The molecular formula is C38H41Cl2N3O4. The summed E-state index contributed by atoms with van der Waals surface area (Å²) in [4.78, 5) is 29.9. The monoisotopic (exact) mass is 673 g/mol. The molecule has 246 valence electrons. The molecule has 1 aromatic heterocycles. The van der Waals surface area contributed by atoms with Crippen LogP contribution in [-0.2, 0) is 24.4 Å². The van der Waals surface area contributed by atoms with Gasteiger partial charge in [0.15, 0.2) is 0 Å². The summed E-state index contributed by atoms with van der Waals surface area (Å²) < 4.78 is 8.05. The summed E-state index contributed by atoms with van der Waals surface area (Å²) in [5, 5.41) is 13.6. The largest absolute Gasteiger partial charge is 0.489 e. The summed E-state index contributed by atoms with van der Waals surface area (Å²) in [5.74, 6) is 1.25. The van der Waals surface area contributed by atoms with Gasteiger partial charge in [-0.05, 0) is 98.5 Å². The second-order valence-corrected chi connectivity index (χ2v) is 13.0. The summed E-state index contributed by atoms with van der Waals surface area (Å²) >= 11 is 12.8. The zero-order valence-electron chi connectivity index (χ0n) is 26.8. The fourth-order valence-corrected chi connectivity index (χ4v) is 6.60. The number of halogens is 2. The van der Waals surface area contributed by atoms with Crippen molar-refractivity contribution in [2.45, 2.75) is 71.6 Å². The number of carbonyl (C=O) groups excluding carboxylic acids is 1. The van der Waals surface area contributed by atoms with E-state index in [9.17, 15) is 9.59 Å². The fraction of sp³-hybridized carbons (Fsp3) is 0.342. The van der Waals surface area contributed by atoms with Crippen LogP contribution in [0, 0.1) is 11.8 Å². The number of amides is 1. The van der Waals surface area contributed by atoms with Crippen molar-refractivity contribution in [1.82, 2.24) is 14.9 Å². The highest BCUT2D eigenvalue weighted by Gasteiger charge is 2.29. The van der Waals surface area contributed by atoms with Crippen molar-refractivity contribution in [2.24, 2.45) is 11.8 Å². The third-order valence-electron chi connectivity index (χ3n) is 8.94. The number of hydrogen-bond acceptors (Lipinski definition) is 4. The summed E-state index contributed by atoms with van der Waals surface area (Å²) in [5.41, 5.74) is 3.63. The number of aromatic carboxylic acids is 1. The van der Waals surface area contributed by atoms with Crippen molar-refractivity contribution in [3.8, 4) is 17.0 Å². The molecule has 1 heterocycles. The fourth-order valence-electron chi connectivity index (χ4n) is 6.10. The van der Waals surface area contributed by atoms with Crippen LogP contribution >= 0.6 is 23.2 Å². The smallest absolute Gasteiger partial charge is 0.335 e. The van der Waals surface area contributed by atoms with E-state index >= 15 is 0 Å². The number of hydrogen-bond donors (Lipinski definition) is 2. The SMILES string of the molecule is CC=CCn1cc(-c2ccc(Cl)cc2Cl)nc1[C@H](Cc1ccc(OCc2ccc(C(=O)O)cc2)cc1)NC(=O)[C@H]1CC[C@H](CC)CC1. The van der Waals surface area contributed by atoms with Gasteiger partial charge in [-0.2, -0.15) is 0 Å². The average molecular weight is 675 g/mol. The Bertz CT molecular complexity index is 1690. The maximum Gasteiger partial charge on any atom is 0.335 e. The van der Waals surface area contributed by atoms with Gasteiger partial charge in [-0.25, -0.2) is 9.78 Å². The van der Waals surface area contributed by atoms with Crippen LogP contribution in [0.2, 0.25) is 10.0 Å². The molecule has 1 aliphatic rings. The van der Waals surface area contributed by atoms with E-state index in [1.54, 1.807) is 36.4 Å². The van der Waals surface area contributed by atoms with Crippen LogP contribution in [0.25, 0.3) is 11.3 Å². The number of aromatic nitrogens is 2. The summed E-state index contributed by atoms with van der Waals surface area (Å²) in [7, 11) is 0. The van der Waals surface area contributed by atoms with E-state index < -0.39 is 5.97 Å². The van der Waals surface area contributed by atoms with Crippen LogP contribution in [0.15, 0.2) is 85.1 Å². The second kappa shape index (κ2) is 16.2. The molecule has 5 rings (SSSR count). The third-order valence-corrected chi connectivity index (χ3v) is 9.49. The van der Waals surface area contributed by atoms with E-state index in [2.05, 4.69) is 22.9 Å². The number of imidazole rings is 1. The minimum absolute atomic E-state index is 0.00947. The van der Waals surface area contributed by atoms with Gasteiger partial charge < -0.3 is 19.7 Å². The molecule has 1 atom stereocenters. The van der Waals surface area contributed by atoms with Gasteiger partial charge in [-0.1, -0.05) is 73.0 Å². The maximum absolute atomic E-state index is 13.7. The zero-order valence-corrected chi connectivity index (χ0v) is 28.3. The number of allylic oxidation sites excluding steroid dienone is 2. The van der Waals surface area contributed by atoms with E-state index in [1.807, 2.05) is 49.5 Å². The van der Waals surface area contributed by atoms with Crippen molar-refractivity contribution >= 4 is 35.1 Å². The van der Waals surface area contributed by atoms with Gasteiger partial charge >= 0.3 is 5.97 Å². The Balaban J connectivity index is 1.39. The third kappa shape index (κ3) is 9.05. The van der Waals surface area contributed by atoms with E-state index in [4.69, 9.17) is 38.0 Å². The number of carboxylic acid groups (broad SMARTS) is 1. The number of rotatable bonds is 13. The summed E-state index contributed by atoms with van der Waals surface area (Å²) in [6, 6.07) is 19.5. The predicted molar refractivity (Wildman–Crippen MR) is 187 cm³/mol. The number of ether oxygens (including phenoxy) is 1. The first kappa shape index (κ1) is 34.3. The first-order chi connectivity index (χ1) is 22.7. The van der Waals surface area contributed by atoms with Crippen molar-refractivity contribution in [2.75, 3.05) is 0 Å². The molecule has 2 N–H and O–H groups in total. The lowest BCUT2D eigenvalue weighted by Gasteiger charge is -2.29. The highest BCUT2D eigenvalue weighted by Crippen LogP contribution is 2.34. The van der Waals surface area contributed by atoms with E-state index in [0.29, 0.717) is 47.0 Å². The Labute approximate surface area is 286 Å². The summed E-state index contributed by atoms with van der Waals surface area (Å²) in [6.45, 7) is 5.12. The lowest BCUT2D eigenvalue weighted by Crippen LogP contribution is -2.37. The molecular weight excluding hydrogens is 633 g/mol. The Kier molecular flexibility index (Phi) is 11.8. The van der Waals surface area contributed by atoms with Gasteiger partial charge in [0.1, 0.15) is 18.2 Å². The molecule has 47 heavy (non-hydrogen) atoms. The molecule has 1 saturated carbocycles. The molecule has 1 aliphatic carbocycles. The standard InChI is InChI=1S/C38H41Cl2N3O4/c1-3-5-20-43-23-35(32-19-16-30(39)22-33(32)40)41-36(43)34(42-37(44)28-12-6-25(4-2)7-13-28)21-26-10-17-31(18-11-26)47-24-27-8-14-29(15-9-27)38(45)46/h3,5,8-11,14-19,22-23,25,28,34H,4,6-7,12-13,20-21,24H2,1-2H3,(H,42,44)(H,45,46)/t25-,28-,34-/m0/s1. The second-order valence-electron chi connectivity index (χ2n) is 12.2. The first-order valence-electron chi connectivity index (χ1n) is 16.2. The van der Waals surface area contributed by atoms with Crippen LogP contribution in [-0.4, -0.2) is 26.5 Å². The number of nitrogens with zero attached hydrogens (tertiary/aromatic N) is 2. The average Bonchev–Trinajstić information content (AvgIpc) is 3.50. The van der Waals surface area contributed by atoms with E-state index in [0.717, 1.165) is 54.6 Å². The lowest BCUT2D eigenvalue weighted by molar-refractivity contribution is -0.127. The quantitative estimate of drug-likeness (QED) is 0.138. The van der Waals surface area contributed by atoms with Crippen LogP contribution in [0.1, 0.15) is 79.3 Å². The van der Waals surface area contributed by atoms with Gasteiger partial charge in [0.25, 0.3) is 0 Å². The number of carbonyl (C=O) groups is 2. The van der Waals surface area contributed by atoms with Crippen molar-refractivity contribution in [3.63, 3.8) is 0 Å². The molecule has 9 heteroatoms. The van der Waals surface area contributed by atoms with Crippen LogP contribution in [0.3, 0.4) is 0 Å². The van der Waals surface area contributed by atoms with Gasteiger partial charge in [-0.15, -0.1) is 0 Å². The molecule has 0 radical (unpaired) electrons. The molecule has 4 aromatic rings.